The Labute approximate surface area is 79.2 Å². The minimum Gasteiger partial charge on any atom is -0.371 e. The third-order valence-corrected chi connectivity index (χ3v) is 2.83. The Hall–Kier alpha value is -0.420. The lowest BCUT2D eigenvalue weighted by atomic mass is 10.0. The van der Waals surface area contributed by atoms with Crippen LogP contribution in [0.1, 0.15) is 20.3 Å². The summed E-state index contributed by atoms with van der Waals surface area (Å²) in [6, 6.07) is 0. The number of rotatable bonds is 5. The van der Waals surface area contributed by atoms with Gasteiger partial charge in [-0.2, -0.15) is 0 Å². The van der Waals surface area contributed by atoms with E-state index in [9.17, 15) is 13.2 Å². The maximum atomic E-state index is 11.4. The second-order valence-corrected chi connectivity index (χ2v) is 5.78. The van der Waals surface area contributed by atoms with E-state index in [1.54, 1.807) is 13.8 Å². The summed E-state index contributed by atoms with van der Waals surface area (Å²) in [7, 11) is -1.64. The van der Waals surface area contributed by atoms with Crippen molar-refractivity contribution in [3.8, 4) is 0 Å². The first-order chi connectivity index (χ1) is 5.69. The number of ketones is 1. The molecule has 4 nitrogen and oxygen atoms in total. The van der Waals surface area contributed by atoms with E-state index >= 15 is 0 Å². The van der Waals surface area contributed by atoms with Gasteiger partial charge in [-0.05, 0) is 13.8 Å². The fraction of sp³-hybridized carbons (Fsp3) is 0.875. The van der Waals surface area contributed by atoms with E-state index < -0.39 is 15.4 Å². The lowest BCUT2D eigenvalue weighted by Gasteiger charge is -2.20. The van der Waals surface area contributed by atoms with Crippen LogP contribution in [0.4, 0.5) is 0 Å². The lowest BCUT2D eigenvalue weighted by molar-refractivity contribution is -0.136. The average molecular weight is 208 g/mol. The van der Waals surface area contributed by atoms with Crippen LogP contribution in [0.15, 0.2) is 0 Å². The number of hydrogen-bond acceptors (Lipinski definition) is 4. The molecule has 0 spiro atoms. The molecule has 0 aromatic carbocycles. The van der Waals surface area contributed by atoms with Crippen LogP contribution in [0.3, 0.4) is 0 Å². The molecule has 5 heteroatoms. The van der Waals surface area contributed by atoms with Gasteiger partial charge in [-0.3, -0.25) is 4.79 Å². The van der Waals surface area contributed by atoms with Crippen LogP contribution in [-0.4, -0.2) is 38.9 Å². The molecule has 0 heterocycles. The van der Waals surface area contributed by atoms with Gasteiger partial charge in [0.2, 0.25) is 0 Å². The quantitative estimate of drug-likeness (QED) is 0.656. The Morgan fingerprint density at radius 2 is 1.85 bits per heavy atom. The smallest absolute Gasteiger partial charge is 0.165 e. The van der Waals surface area contributed by atoms with Gasteiger partial charge >= 0.3 is 0 Å². The lowest BCUT2D eigenvalue weighted by Crippen LogP contribution is -2.34. The molecule has 0 aromatic rings. The maximum absolute atomic E-state index is 11.4. The van der Waals surface area contributed by atoms with Gasteiger partial charge in [0.1, 0.15) is 15.4 Å². The topological polar surface area (TPSA) is 60.4 Å². The number of methoxy groups -OCH3 is 1. The van der Waals surface area contributed by atoms with Crippen molar-refractivity contribution in [2.75, 3.05) is 19.1 Å². The van der Waals surface area contributed by atoms with Crippen molar-refractivity contribution in [2.45, 2.75) is 25.9 Å². The van der Waals surface area contributed by atoms with Crippen molar-refractivity contribution >= 4 is 15.6 Å². The number of ether oxygens (including phenoxy) is 1. The molecule has 0 atom stereocenters. The van der Waals surface area contributed by atoms with Gasteiger partial charge in [0.05, 0.1) is 5.75 Å². The molecule has 0 bridgehead atoms. The van der Waals surface area contributed by atoms with E-state index in [0.29, 0.717) is 0 Å². The van der Waals surface area contributed by atoms with Crippen molar-refractivity contribution in [3.05, 3.63) is 0 Å². The van der Waals surface area contributed by atoms with Crippen molar-refractivity contribution in [1.82, 2.24) is 0 Å². The van der Waals surface area contributed by atoms with E-state index in [2.05, 4.69) is 0 Å². The Balaban J connectivity index is 4.19. The second kappa shape index (κ2) is 4.19. The number of carbonyl (C=O) groups excluding carboxylic acids is 1. The molecule has 0 aliphatic rings. The zero-order chi connectivity index (χ0) is 10.7. The van der Waals surface area contributed by atoms with E-state index in [4.69, 9.17) is 4.74 Å². The summed E-state index contributed by atoms with van der Waals surface area (Å²) >= 11 is 0. The van der Waals surface area contributed by atoms with E-state index in [1.807, 2.05) is 0 Å². The minimum atomic E-state index is -3.06. The number of Topliss-reactive ketones (excluding diaryl/α,β-unsaturated/α-hetero) is 1. The summed E-state index contributed by atoms with van der Waals surface area (Å²) < 4.78 is 26.4. The van der Waals surface area contributed by atoms with Crippen LogP contribution in [0.25, 0.3) is 0 Å². The van der Waals surface area contributed by atoms with Crippen molar-refractivity contribution < 1.29 is 17.9 Å². The predicted octanol–water partition coefficient (Wildman–Crippen LogP) is 0.415. The highest BCUT2D eigenvalue weighted by Gasteiger charge is 2.26. The zero-order valence-electron chi connectivity index (χ0n) is 8.46. The number of hydrogen-bond donors (Lipinski definition) is 0. The summed E-state index contributed by atoms with van der Waals surface area (Å²) in [4.78, 5) is 11.4. The van der Waals surface area contributed by atoms with Crippen LogP contribution in [0.2, 0.25) is 0 Å². The van der Waals surface area contributed by atoms with Crippen LogP contribution >= 0.6 is 0 Å². The summed E-state index contributed by atoms with van der Waals surface area (Å²) in [5.41, 5.74) is -0.884. The highest BCUT2D eigenvalue weighted by Crippen LogP contribution is 2.11. The molecule has 0 aliphatic heterocycles. The Morgan fingerprint density at radius 1 is 1.38 bits per heavy atom. The Kier molecular flexibility index (Phi) is 4.06. The third kappa shape index (κ3) is 5.00. The molecule has 0 aliphatic carbocycles. The number of sulfone groups is 1. The predicted molar refractivity (Wildman–Crippen MR) is 50.4 cm³/mol. The maximum Gasteiger partial charge on any atom is 0.165 e. The molecule has 0 aromatic heterocycles. The highest BCUT2D eigenvalue weighted by molar-refractivity contribution is 7.90. The van der Waals surface area contributed by atoms with Gasteiger partial charge in [0.25, 0.3) is 0 Å². The van der Waals surface area contributed by atoms with Crippen molar-refractivity contribution in [3.63, 3.8) is 0 Å². The zero-order valence-corrected chi connectivity index (χ0v) is 9.27. The van der Waals surface area contributed by atoms with Gasteiger partial charge in [-0.1, -0.05) is 0 Å². The minimum absolute atomic E-state index is 0.0136. The van der Waals surface area contributed by atoms with Gasteiger partial charge in [0.15, 0.2) is 5.78 Å². The SMILES string of the molecule is COC(C)(C)C(=O)CCS(C)(=O)=O. The Morgan fingerprint density at radius 3 is 2.15 bits per heavy atom. The van der Waals surface area contributed by atoms with Crippen molar-refractivity contribution in [1.29, 1.82) is 0 Å². The summed E-state index contributed by atoms with van der Waals surface area (Å²) in [6.07, 6.45) is 1.12. The second-order valence-electron chi connectivity index (χ2n) is 3.52. The third-order valence-electron chi connectivity index (χ3n) is 1.88. The van der Waals surface area contributed by atoms with Crippen LogP contribution < -0.4 is 0 Å². The van der Waals surface area contributed by atoms with Crippen molar-refractivity contribution in [2.24, 2.45) is 0 Å². The largest absolute Gasteiger partial charge is 0.371 e. The number of carbonyl (C=O) groups is 1. The molecule has 0 saturated carbocycles. The molecule has 0 unspecified atom stereocenters. The van der Waals surface area contributed by atoms with E-state index in [-0.39, 0.29) is 18.0 Å². The van der Waals surface area contributed by atoms with Crippen LogP contribution in [-0.2, 0) is 19.4 Å². The molecule has 13 heavy (non-hydrogen) atoms. The summed E-state index contributed by atoms with van der Waals surface area (Å²) in [5.74, 6) is -0.307. The average Bonchev–Trinajstić information content (AvgIpc) is 1.98. The van der Waals surface area contributed by atoms with Crippen LogP contribution in [0.5, 0.6) is 0 Å². The summed E-state index contributed by atoms with van der Waals surface area (Å²) in [6.45, 7) is 3.25. The molecular formula is C8H16O4S. The first-order valence-electron chi connectivity index (χ1n) is 3.95. The molecule has 78 valence electrons. The van der Waals surface area contributed by atoms with Gasteiger partial charge in [-0.25, -0.2) is 8.42 Å². The highest BCUT2D eigenvalue weighted by atomic mass is 32.2. The van der Waals surface area contributed by atoms with E-state index in [1.165, 1.54) is 7.11 Å². The molecular weight excluding hydrogens is 192 g/mol. The molecule has 0 radical (unpaired) electrons. The molecule has 0 fully saturated rings. The van der Waals surface area contributed by atoms with Crippen LogP contribution in [0, 0.1) is 0 Å². The standard InChI is InChI=1S/C8H16O4S/c1-8(2,12-3)7(9)5-6-13(4,10)11/h5-6H2,1-4H3. The fourth-order valence-corrected chi connectivity index (χ4v) is 1.25. The molecule has 0 N–H and O–H groups in total. The molecule has 0 rings (SSSR count). The van der Waals surface area contributed by atoms with Gasteiger partial charge in [0, 0.05) is 19.8 Å². The Bertz CT molecular complexity index is 277. The van der Waals surface area contributed by atoms with E-state index in [0.717, 1.165) is 6.26 Å². The van der Waals surface area contributed by atoms with Gasteiger partial charge in [-0.15, -0.1) is 0 Å². The monoisotopic (exact) mass is 208 g/mol. The fourth-order valence-electron chi connectivity index (χ4n) is 0.693. The first kappa shape index (κ1) is 12.6. The molecule has 0 saturated heterocycles. The normalized spacial score (nSPS) is 12.9. The first-order valence-corrected chi connectivity index (χ1v) is 6.01. The van der Waals surface area contributed by atoms with Gasteiger partial charge < -0.3 is 4.74 Å². The summed E-state index contributed by atoms with van der Waals surface area (Å²) in [5, 5.41) is 0. The molecule has 0 amide bonds.